The van der Waals surface area contributed by atoms with Crippen LogP contribution in [0.5, 0.6) is 0 Å². The Labute approximate surface area is 140 Å². The van der Waals surface area contributed by atoms with E-state index in [1.54, 1.807) is 29.2 Å². The number of anilines is 2. The topological polar surface area (TPSA) is 66.5 Å². The SMILES string of the molecule is CCN1C(=O)Cc2cc(NS(=O)(=O)Cc3ccccc3F)ccc21. The van der Waals surface area contributed by atoms with Crippen molar-refractivity contribution < 1.29 is 17.6 Å². The van der Waals surface area contributed by atoms with E-state index < -0.39 is 21.6 Å². The van der Waals surface area contributed by atoms with Gasteiger partial charge in [-0.15, -0.1) is 0 Å². The molecule has 0 radical (unpaired) electrons. The Bertz CT molecular complexity index is 896. The monoisotopic (exact) mass is 348 g/mol. The summed E-state index contributed by atoms with van der Waals surface area (Å²) in [7, 11) is -3.75. The van der Waals surface area contributed by atoms with Crippen molar-refractivity contribution in [2.24, 2.45) is 0 Å². The van der Waals surface area contributed by atoms with Crippen molar-refractivity contribution in [1.29, 1.82) is 0 Å². The summed E-state index contributed by atoms with van der Waals surface area (Å²) in [5, 5.41) is 0. The number of hydrogen-bond acceptors (Lipinski definition) is 3. The van der Waals surface area contributed by atoms with Crippen LogP contribution in [0.3, 0.4) is 0 Å². The van der Waals surface area contributed by atoms with E-state index in [9.17, 15) is 17.6 Å². The molecule has 1 amide bonds. The Balaban J connectivity index is 1.80. The number of nitrogens with one attached hydrogen (secondary N) is 1. The van der Waals surface area contributed by atoms with Crippen LogP contribution in [0.15, 0.2) is 42.5 Å². The van der Waals surface area contributed by atoms with Crippen molar-refractivity contribution in [3.8, 4) is 0 Å². The van der Waals surface area contributed by atoms with Crippen molar-refractivity contribution in [2.75, 3.05) is 16.2 Å². The van der Waals surface area contributed by atoms with Gasteiger partial charge in [-0.3, -0.25) is 9.52 Å². The number of hydrogen-bond donors (Lipinski definition) is 1. The molecule has 24 heavy (non-hydrogen) atoms. The number of halogens is 1. The Morgan fingerprint density at radius 2 is 1.96 bits per heavy atom. The highest BCUT2D eigenvalue weighted by molar-refractivity contribution is 7.91. The summed E-state index contributed by atoms with van der Waals surface area (Å²) in [6.07, 6.45) is 0.256. The van der Waals surface area contributed by atoms with E-state index in [2.05, 4.69) is 4.72 Å². The van der Waals surface area contributed by atoms with Crippen molar-refractivity contribution >= 4 is 27.3 Å². The minimum atomic E-state index is -3.75. The van der Waals surface area contributed by atoms with Gasteiger partial charge in [0.2, 0.25) is 15.9 Å². The quantitative estimate of drug-likeness (QED) is 0.903. The standard InChI is InChI=1S/C17H17FN2O3S/c1-2-20-16-8-7-14(9-13(16)10-17(20)21)19-24(22,23)11-12-5-3-4-6-15(12)18/h3-9,19H,2,10-11H2,1H3. The molecule has 126 valence electrons. The van der Waals surface area contributed by atoms with Gasteiger partial charge in [-0.1, -0.05) is 18.2 Å². The number of sulfonamides is 1. The van der Waals surface area contributed by atoms with Crippen LogP contribution in [0.2, 0.25) is 0 Å². The maximum atomic E-state index is 13.6. The van der Waals surface area contributed by atoms with Crippen LogP contribution in [0.25, 0.3) is 0 Å². The fourth-order valence-corrected chi connectivity index (χ4v) is 4.03. The van der Waals surface area contributed by atoms with E-state index in [1.807, 2.05) is 6.92 Å². The maximum absolute atomic E-state index is 13.6. The second-order valence-corrected chi connectivity index (χ2v) is 7.33. The predicted molar refractivity (Wildman–Crippen MR) is 90.8 cm³/mol. The molecular weight excluding hydrogens is 331 g/mol. The molecule has 0 unspecified atom stereocenters. The fraction of sp³-hybridized carbons (Fsp3) is 0.235. The second-order valence-electron chi connectivity index (χ2n) is 5.61. The molecule has 7 heteroatoms. The summed E-state index contributed by atoms with van der Waals surface area (Å²) in [6, 6.07) is 10.8. The summed E-state index contributed by atoms with van der Waals surface area (Å²) >= 11 is 0. The number of fused-ring (bicyclic) bond motifs is 1. The summed E-state index contributed by atoms with van der Waals surface area (Å²) in [5.74, 6) is -1.00. The number of carbonyl (C=O) groups excluding carboxylic acids is 1. The molecule has 0 saturated heterocycles. The van der Waals surface area contributed by atoms with Gasteiger partial charge in [-0.2, -0.15) is 0 Å². The highest BCUT2D eigenvalue weighted by Crippen LogP contribution is 2.31. The minimum absolute atomic E-state index is 0.00105. The first kappa shape index (κ1) is 16.4. The summed E-state index contributed by atoms with van der Waals surface area (Å²) in [5.41, 5.74) is 2.07. The molecule has 2 aromatic rings. The van der Waals surface area contributed by atoms with Crippen molar-refractivity contribution in [2.45, 2.75) is 19.1 Å². The van der Waals surface area contributed by atoms with Gasteiger partial charge in [-0.05, 0) is 36.8 Å². The van der Waals surface area contributed by atoms with Crippen LogP contribution in [0, 0.1) is 5.82 Å². The largest absolute Gasteiger partial charge is 0.312 e. The summed E-state index contributed by atoms with van der Waals surface area (Å²) in [4.78, 5) is 13.5. The molecule has 1 aliphatic heterocycles. The Morgan fingerprint density at radius 1 is 1.21 bits per heavy atom. The molecule has 2 aromatic carbocycles. The molecule has 1 aliphatic rings. The van der Waals surface area contributed by atoms with E-state index in [1.165, 1.54) is 18.2 Å². The van der Waals surface area contributed by atoms with Gasteiger partial charge in [0.25, 0.3) is 0 Å². The zero-order valence-electron chi connectivity index (χ0n) is 13.1. The molecule has 0 bridgehead atoms. The molecule has 0 atom stereocenters. The van der Waals surface area contributed by atoms with Crippen LogP contribution >= 0.6 is 0 Å². The zero-order valence-corrected chi connectivity index (χ0v) is 13.9. The molecule has 0 aliphatic carbocycles. The number of carbonyl (C=O) groups is 1. The number of amides is 1. The van der Waals surface area contributed by atoms with Crippen LogP contribution in [0.1, 0.15) is 18.1 Å². The third kappa shape index (κ3) is 3.26. The third-order valence-electron chi connectivity index (χ3n) is 3.91. The lowest BCUT2D eigenvalue weighted by Crippen LogP contribution is -2.25. The molecule has 0 aromatic heterocycles. The molecular formula is C17H17FN2O3S. The average molecular weight is 348 g/mol. The molecule has 1 N–H and O–H groups in total. The predicted octanol–water partition coefficient (Wildman–Crippen LogP) is 2.68. The van der Waals surface area contributed by atoms with Crippen molar-refractivity contribution in [1.82, 2.24) is 0 Å². The van der Waals surface area contributed by atoms with Crippen LogP contribution in [-0.2, 0) is 27.0 Å². The second kappa shape index (κ2) is 6.24. The van der Waals surface area contributed by atoms with E-state index in [0.717, 1.165) is 11.3 Å². The van der Waals surface area contributed by atoms with Gasteiger partial charge in [0, 0.05) is 23.5 Å². The molecule has 1 heterocycles. The highest BCUT2D eigenvalue weighted by atomic mass is 32.2. The number of benzene rings is 2. The Hall–Kier alpha value is -2.41. The summed E-state index contributed by atoms with van der Waals surface area (Å²) < 4.78 is 40.6. The van der Waals surface area contributed by atoms with Crippen LogP contribution in [0.4, 0.5) is 15.8 Å². The molecule has 0 fully saturated rings. The lowest BCUT2D eigenvalue weighted by Gasteiger charge is -2.15. The fourth-order valence-electron chi connectivity index (χ4n) is 2.83. The first-order chi connectivity index (χ1) is 11.4. The van der Waals surface area contributed by atoms with Gasteiger partial charge in [0.1, 0.15) is 5.82 Å². The Kier molecular flexibility index (Phi) is 4.28. The number of likely N-dealkylation sites (N-methyl/N-ethyl adjacent to an activating group) is 1. The first-order valence-corrected chi connectivity index (χ1v) is 9.22. The van der Waals surface area contributed by atoms with Gasteiger partial charge in [0.15, 0.2) is 0 Å². The summed E-state index contributed by atoms with van der Waals surface area (Å²) in [6.45, 7) is 2.46. The van der Waals surface area contributed by atoms with Gasteiger partial charge < -0.3 is 4.90 Å². The van der Waals surface area contributed by atoms with E-state index >= 15 is 0 Å². The van der Waals surface area contributed by atoms with Crippen LogP contribution < -0.4 is 9.62 Å². The number of rotatable bonds is 5. The minimum Gasteiger partial charge on any atom is -0.312 e. The normalized spacial score (nSPS) is 13.9. The van der Waals surface area contributed by atoms with Gasteiger partial charge in [0.05, 0.1) is 12.2 Å². The molecule has 5 nitrogen and oxygen atoms in total. The maximum Gasteiger partial charge on any atom is 0.237 e. The number of nitrogens with zero attached hydrogens (tertiary/aromatic N) is 1. The van der Waals surface area contributed by atoms with Gasteiger partial charge in [-0.25, -0.2) is 12.8 Å². The lowest BCUT2D eigenvalue weighted by molar-refractivity contribution is -0.117. The Morgan fingerprint density at radius 3 is 2.67 bits per heavy atom. The van der Waals surface area contributed by atoms with Gasteiger partial charge >= 0.3 is 0 Å². The molecule has 3 rings (SSSR count). The van der Waals surface area contributed by atoms with Crippen molar-refractivity contribution in [3.05, 3.63) is 59.4 Å². The van der Waals surface area contributed by atoms with E-state index in [0.29, 0.717) is 12.2 Å². The lowest BCUT2D eigenvalue weighted by atomic mass is 10.1. The van der Waals surface area contributed by atoms with E-state index in [-0.39, 0.29) is 17.9 Å². The van der Waals surface area contributed by atoms with Crippen LogP contribution in [-0.4, -0.2) is 20.9 Å². The zero-order chi connectivity index (χ0) is 17.3. The average Bonchev–Trinajstić information content (AvgIpc) is 2.83. The molecule has 0 saturated carbocycles. The highest BCUT2D eigenvalue weighted by Gasteiger charge is 2.26. The van der Waals surface area contributed by atoms with Crippen molar-refractivity contribution in [3.63, 3.8) is 0 Å². The molecule has 0 spiro atoms. The smallest absolute Gasteiger partial charge is 0.237 e. The van der Waals surface area contributed by atoms with E-state index in [4.69, 9.17) is 0 Å². The first-order valence-electron chi connectivity index (χ1n) is 7.57. The third-order valence-corrected chi connectivity index (χ3v) is 5.14.